The van der Waals surface area contributed by atoms with Crippen LogP contribution in [0.4, 0.5) is 0 Å². The summed E-state index contributed by atoms with van der Waals surface area (Å²) < 4.78 is 1.77. The second-order valence-corrected chi connectivity index (χ2v) is 1.91. The van der Waals surface area contributed by atoms with Crippen molar-refractivity contribution in [2.24, 2.45) is 0 Å². The first kappa shape index (κ1) is 6.63. The fraction of sp³-hybridized carbons (Fsp3) is 0.125. The Morgan fingerprint density at radius 1 is 1.50 bits per heavy atom. The van der Waals surface area contributed by atoms with Crippen LogP contribution in [0.1, 0.15) is 0 Å². The van der Waals surface area contributed by atoms with Crippen molar-refractivity contribution in [2.75, 3.05) is 0 Å². The highest BCUT2D eigenvalue weighted by Crippen LogP contribution is 1.81. The maximum absolute atomic E-state index is 10.6. The van der Waals surface area contributed by atoms with Gasteiger partial charge in [0.1, 0.15) is 0 Å². The standard InChI is InChI=1S/C8H7NO/c1-2-5-9-6-3-8(10)4-7-9/h1,3-4,6-7H,5H2. The predicted molar refractivity (Wildman–Crippen MR) is 39.5 cm³/mol. The van der Waals surface area contributed by atoms with Crippen molar-refractivity contribution in [3.05, 3.63) is 34.7 Å². The van der Waals surface area contributed by atoms with E-state index in [1.54, 1.807) is 17.0 Å². The lowest BCUT2D eigenvalue weighted by atomic mass is 10.4. The normalized spacial score (nSPS) is 8.70. The number of rotatable bonds is 1. The summed E-state index contributed by atoms with van der Waals surface area (Å²) in [5.74, 6) is 2.46. The molecule has 1 aromatic rings. The number of pyridine rings is 1. The van der Waals surface area contributed by atoms with Crippen molar-refractivity contribution in [3.8, 4) is 12.3 Å². The van der Waals surface area contributed by atoms with Gasteiger partial charge in [-0.3, -0.25) is 4.79 Å². The summed E-state index contributed by atoms with van der Waals surface area (Å²) in [5, 5.41) is 0. The molecule has 0 N–H and O–H groups in total. The van der Waals surface area contributed by atoms with E-state index < -0.39 is 0 Å². The Morgan fingerprint density at radius 3 is 2.60 bits per heavy atom. The molecule has 2 heteroatoms. The highest BCUT2D eigenvalue weighted by Gasteiger charge is 1.82. The summed E-state index contributed by atoms with van der Waals surface area (Å²) in [7, 11) is 0. The first-order valence-electron chi connectivity index (χ1n) is 2.92. The monoisotopic (exact) mass is 133 g/mol. The maximum Gasteiger partial charge on any atom is 0.181 e. The SMILES string of the molecule is C#CCn1ccc(=O)cc1. The lowest BCUT2D eigenvalue weighted by molar-refractivity contribution is 0.830. The van der Waals surface area contributed by atoms with Crippen LogP contribution in [0.5, 0.6) is 0 Å². The van der Waals surface area contributed by atoms with Crippen molar-refractivity contribution in [1.82, 2.24) is 4.57 Å². The summed E-state index contributed by atoms with van der Waals surface area (Å²) >= 11 is 0. The van der Waals surface area contributed by atoms with E-state index in [1.807, 2.05) is 0 Å². The molecule has 1 rings (SSSR count). The molecule has 0 spiro atoms. The van der Waals surface area contributed by atoms with Crippen molar-refractivity contribution in [2.45, 2.75) is 6.54 Å². The molecule has 50 valence electrons. The third-order valence-corrected chi connectivity index (χ3v) is 1.13. The minimum absolute atomic E-state index is 0.00766. The molecule has 0 aliphatic rings. The van der Waals surface area contributed by atoms with Crippen LogP contribution in [0.15, 0.2) is 29.3 Å². The van der Waals surface area contributed by atoms with Gasteiger partial charge in [-0.05, 0) is 0 Å². The average molecular weight is 133 g/mol. The van der Waals surface area contributed by atoms with Crippen molar-refractivity contribution < 1.29 is 0 Å². The van der Waals surface area contributed by atoms with Gasteiger partial charge in [0.25, 0.3) is 0 Å². The molecule has 2 nitrogen and oxygen atoms in total. The average Bonchev–Trinajstić information content (AvgIpc) is 1.95. The van der Waals surface area contributed by atoms with E-state index >= 15 is 0 Å². The van der Waals surface area contributed by atoms with Gasteiger partial charge in [0.05, 0.1) is 6.54 Å². The molecule has 10 heavy (non-hydrogen) atoms. The second-order valence-electron chi connectivity index (χ2n) is 1.91. The van der Waals surface area contributed by atoms with Gasteiger partial charge in [-0.2, -0.15) is 0 Å². The van der Waals surface area contributed by atoms with E-state index in [9.17, 15) is 4.79 Å². The smallest absolute Gasteiger partial charge is 0.181 e. The first-order valence-corrected chi connectivity index (χ1v) is 2.92. The summed E-state index contributed by atoms with van der Waals surface area (Å²) in [4.78, 5) is 10.6. The van der Waals surface area contributed by atoms with Gasteiger partial charge in [-0.25, -0.2) is 0 Å². The minimum atomic E-state index is 0.00766. The van der Waals surface area contributed by atoms with Gasteiger partial charge in [0.15, 0.2) is 5.43 Å². The van der Waals surface area contributed by atoms with Crippen LogP contribution >= 0.6 is 0 Å². The molecule has 0 aliphatic carbocycles. The number of hydrogen-bond acceptors (Lipinski definition) is 1. The van der Waals surface area contributed by atoms with Gasteiger partial charge in [-0.1, -0.05) is 5.92 Å². The number of aromatic nitrogens is 1. The number of hydrogen-bond donors (Lipinski definition) is 0. The Hall–Kier alpha value is -1.49. The van der Waals surface area contributed by atoms with Gasteiger partial charge in [0.2, 0.25) is 0 Å². The zero-order chi connectivity index (χ0) is 7.40. The van der Waals surface area contributed by atoms with Gasteiger partial charge >= 0.3 is 0 Å². The molecule has 0 saturated heterocycles. The fourth-order valence-electron chi connectivity index (χ4n) is 0.654. The molecule has 0 aromatic carbocycles. The highest BCUT2D eigenvalue weighted by atomic mass is 16.1. The molecule has 0 saturated carbocycles. The van der Waals surface area contributed by atoms with Crippen LogP contribution in [0.2, 0.25) is 0 Å². The second kappa shape index (κ2) is 2.88. The van der Waals surface area contributed by atoms with E-state index in [1.165, 1.54) is 12.1 Å². The molecule has 0 bridgehead atoms. The van der Waals surface area contributed by atoms with Crippen LogP contribution in [0.25, 0.3) is 0 Å². The summed E-state index contributed by atoms with van der Waals surface area (Å²) in [6, 6.07) is 2.97. The quantitative estimate of drug-likeness (QED) is 0.511. The Labute approximate surface area is 59.1 Å². The molecular formula is C8H7NO. The zero-order valence-corrected chi connectivity index (χ0v) is 5.45. The topological polar surface area (TPSA) is 22.0 Å². The fourth-order valence-corrected chi connectivity index (χ4v) is 0.654. The lowest BCUT2D eigenvalue weighted by Crippen LogP contribution is -2.02. The Bertz CT molecular complexity index is 285. The highest BCUT2D eigenvalue weighted by molar-refractivity contribution is 4.96. The van der Waals surface area contributed by atoms with Crippen LogP contribution in [0.3, 0.4) is 0 Å². The van der Waals surface area contributed by atoms with E-state index in [-0.39, 0.29) is 5.43 Å². The van der Waals surface area contributed by atoms with Gasteiger partial charge in [-0.15, -0.1) is 6.42 Å². The van der Waals surface area contributed by atoms with E-state index in [0.29, 0.717) is 6.54 Å². The van der Waals surface area contributed by atoms with Crippen LogP contribution < -0.4 is 5.43 Å². The third-order valence-electron chi connectivity index (χ3n) is 1.13. The van der Waals surface area contributed by atoms with E-state index in [0.717, 1.165) is 0 Å². The van der Waals surface area contributed by atoms with Crippen molar-refractivity contribution >= 4 is 0 Å². The summed E-state index contributed by atoms with van der Waals surface area (Å²) in [6.45, 7) is 0.514. The maximum atomic E-state index is 10.6. The van der Waals surface area contributed by atoms with Crippen molar-refractivity contribution in [3.63, 3.8) is 0 Å². The van der Waals surface area contributed by atoms with Crippen LogP contribution in [0, 0.1) is 12.3 Å². The molecular weight excluding hydrogens is 126 g/mol. The molecule has 0 amide bonds. The molecule has 0 unspecified atom stereocenters. The largest absolute Gasteiger partial charge is 0.343 e. The number of terminal acetylenes is 1. The molecule has 0 fully saturated rings. The molecule has 1 heterocycles. The lowest BCUT2D eigenvalue weighted by Gasteiger charge is -1.96. The minimum Gasteiger partial charge on any atom is -0.343 e. The van der Waals surface area contributed by atoms with Crippen LogP contribution in [-0.4, -0.2) is 4.57 Å². The zero-order valence-electron chi connectivity index (χ0n) is 5.45. The Kier molecular flexibility index (Phi) is 1.91. The molecule has 1 aromatic heterocycles. The van der Waals surface area contributed by atoms with E-state index in [2.05, 4.69) is 5.92 Å². The Morgan fingerprint density at radius 2 is 2.10 bits per heavy atom. The Balaban J connectivity index is 2.92. The third kappa shape index (κ3) is 1.49. The molecule has 0 radical (unpaired) electrons. The van der Waals surface area contributed by atoms with Crippen molar-refractivity contribution in [1.29, 1.82) is 0 Å². The molecule has 0 aliphatic heterocycles. The summed E-state index contributed by atoms with van der Waals surface area (Å²) in [5.41, 5.74) is 0.00766. The van der Waals surface area contributed by atoms with Gasteiger partial charge < -0.3 is 4.57 Å². The predicted octanol–water partition coefficient (Wildman–Crippen LogP) is 0.481. The van der Waals surface area contributed by atoms with Crippen LogP contribution in [-0.2, 0) is 6.54 Å². The first-order chi connectivity index (χ1) is 4.83. The van der Waals surface area contributed by atoms with Gasteiger partial charge in [0, 0.05) is 24.5 Å². The summed E-state index contributed by atoms with van der Waals surface area (Å²) in [6.07, 6.45) is 8.39. The number of nitrogens with zero attached hydrogens (tertiary/aromatic N) is 1. The van der Waals surface area contributed by atoms with E-state index in [4.69, 9.17) is 6.42 Å². The molecule has 0 atom stereocenters.